The van der Waals surface area contributed by atoms with Gasteiger partial charge in [0.2, 0.25) is 0 Å². The molecule has 8 nitrogen and oxygen atoms in total. The van der Waals surface area contributed by atoms with E-state index in [4.69, 9.17) is 19.3 Å². The molecule has 4 rings (SSSR count). The molecule has 0 spiro atoms. The number of methoxy groups -OCH3 is 1. The lowest BCUT2D eigenvalue weighted by Gasteiger charge is -2.17. The summed E-state index contributed by atoms with van der Waals surface area (Å²) in [6.45, 7) is 1.34. The van der Waals surface area contributed by atoms with Gasteiger partial charge in [0, 0.05) is 11.6 Å². The molecule has 0 atom stereocenters. The first-order valence-electron chi connectivity index (χ1n) is 11.0. The average molecular weight is 475 g/mol. The second-order valence-electron chi connectivity index (χ2n) is 8.14. The van der Waals surface area contributed by atoms with E-state index in [1.165, 1.54) is 13.2 Å². The largest absolute Gasteiger partial charge is 0.480 e. The van der Waals surface area contributed by atoms with Crippen molar-refractivity contribution in [1.82, 2.24) is 0 Å². The van der Waals surface area contributed by atoms with Crippen LogP contribution in [-0.2, 0) is 25.6 Å². The molecule has 1 aliphatic carbocycles. The van der Waals surface area contributed by atoms with Gasteiger partial charge in [0.1, 0.15) is 13.2 Å². The van der Waals surface area contributed by atoms with Crippen molar-refractivity contribution in [1.29, 1.82) is 0 Å². The van der Waals surface area contributed by atoms with E-state index in [1.54, 1.807) is 13.0 Å². The highest BCUT2D eigenvalue weighted by Gasteiger charge is 2.29. The molecular weight excluding hydrogens is 450 g/mol. The van der Waals surface area contributed by atoms with E-state index < -0.39 is 24.6 Å². The lowest BCUT2D eigenvalue weighted by Crippen LogP contribution is -2.19. The van der Waals surface area contributed by atoms with Gasteiger partial charge in [-0.05, 0) is 52.4 Å². The Labute approximate surface area is 202 Å². The molecule has 0 aliphatic heterocycles. The molecule has 3 aromatic rings. The zero-order valence-electron chi connectivity index (χ0n) is 19.4. The van der Waals surface area contributed by atoms with E-state index in [0.717, 1.165) is 22.3 Å². The molecule has 2 N–H and O–H groups in total. The first-order valence-corrected chi connectivity index (χ1v) is 11.0. The molecule has 8 heteroatoms. The van der Waals surface area contributed by atoms with Gasteiger partial charge in [-0.1, -0.05) is 48.5 Å². The van der Waals surface area contributed by atoms with Gasteiger partial charge in [0.15, 0.2) is 0 Å². The Morgan fingerprint density at radius 1 is 0.971 bits per heavy atom. The summed E-state index contributed by atoms with van der Waals surface area (Å²) in [5.74, 6) is -1.79. The minimum Gasteiger partial charge on any atom is -0.480 e. The number of esters is 1. The number of carbonyl (C=O) groups excluding carboxylic acids is 2. The molecule has 35 heavy (non-hydrogen) atoms. The number of fused-ring (bicyclic) bond motifs is 3. The van der Waals surface area contributed by atoms with Crippen LogP contribution in [0.2, 0.25) is 0 Å². The quantitative estimate of drug-likeness (QED) is 0.453. The number of amides is 1. The van der Waals surface area contributed by atoms with Crippen LogP contribution in [0.5, 0.6) is 0 Å². The molecule has 0 saturated carbocycles. The van der Waals surface area contributed by atoms with Gasteiger partial charge in [-0.15, -0.1) is 0 Å². The third-order valence-corrected chi connectivity index (χ3v) is 6.00. The molecule has 0 radical (unpaired) electrons. The molecule has 3 aromatic carbocycles. The maximum absolute atomic E-state index is 12.8. The number of aliphatic carboxylic acids is 1. The predicted octanol–water partition coefficient (Wildman–Crippen LogP) is 4.74. The Bertz CT molecular complexity index is 1240. The van der Waals surface area contributed by atoms with Crippen LogP contribution in [0.1, 0.15) is 38.5 Å². The molecule has 1 amide bonds. The van der Waals surface area contributed by atoms with Crippen molar-refractivity contribution in [2.45, 2.75) is 19.4 Å². The number of carbonyl (C=O) groups is 3. The zero-order valence-corrected chi connectivity index (χ0v) is 19.4. The van der Waals surface area contributed by atoms with Crippen LogP contribution in [0.25, 0.3) is 11.1 Å². The van der Waals surface area contributed by atoms with Gasteiger partial charge >= 0.3 is 18.0 Å². The van der Waals surface area contributed by atoms with Crippen LogP contribution in [0, 0.1) is 6.92 Å². The Morgan fingerprint density at radius 3 is 2.20 bits per heavy atom. The summed E-state index contributed by atoms with van der Waals surface area (Å²) in [6, 6.07) is 19.1. The van der Waals surface area contributed by atoms with Crippen molar-refractivity contribution in [3.63, 3.8) is 0 Å². The van der Waals surface area contributed by atoms with Crippen molar-refractivity contribution in [3.8, 4) is 11.1 Å². The van der Waals surface area contributed by atoms with Gasteiger partial charge in [-0.25, -0.2) is 14.4 Å². The summed E-state index contributed by atoms with van der Waals surface area (Å²) in [4.78, 5) is 35.7. The van der Waals surface area contributed by atoms with E-state index in [1.807, 2.05) is 36.4 Å². The zero-order chi connectivity index (χ0) is 24.9. The highest BCUT2D eigenvalue weighted by atomic mass is 16.5. The maximum Gasteiger partial charge on any atom is 0.411 e. The Balaban J connectivity index is 1.51. The molecule has 0 heterocycles. The smallest absolute Gasteiger partial charge is 0.411 e. The first-order chi connectivity index (χ1) is 16.9. The van der Waals surface area contributed by atoms with E-state index in [9.17, 15) is 14.4 Å². The van der Waals surface area contributed by atoms with E-state index in [2.05, 4.69) is 17.4 Å². The molecule has 1 aliphatic rings. The highest BCUT2D eigenvalue weighted by Crippen LogP contribution is 2.44. The monoisotopic (exact) mass is 475 g/mol. The van der Waals surface area contributed by atoms with Crippen molar-refractivity contribution < 1.29 is 33.7 Å². The highest BCUT2D eigenvalue weighted by molar-refractivity contribution is 5.94. The van der Waals surface area contributed by atoms with Crippen LogP contribution in [-0.4, -0.2) is 43.5 Å². The van der Waals surface area contributed by atoms with Crippen molar-refractivity contribution >= 4 is 23.7 Å². The fraction of sp³-hybridized carbons (Fsp3) is 0.222. The number of benzene rings is 3. The summed E-state index contributed by atoms with van der Waals surface area (Å²) >= 11 is 0. The number of hydrogen-bond donors (Lipinski definition) is 2. The fourth-order valence-electron chi connectivity index (χ4n) is 4.28. The number of ether oxygens (including phenoxy) is 3. The Hall–Kier alpha value is -4.17. The second kappa shape index (κ2) is 10.4. The molecule has 0 aromatic heterocycles. The summed E-state index contributed by atoms with van der Waals surface area (Å²) in [7, 11) is 1.25. The van der Waals surface area contributed by atoms with Crippen molar-refractivity contribution in [2.24, 2.45) is 0 Å². The Morgan fingerprint density at radius 2 is 1.60 bits per heavy atom. The minimum absolute atomic E-state index is 0.0532. The maximum atomic E-state index is 12.8. The topological polar surface area (TPSA) is 111 Å². The SMILES string of the molecule is COC(=O)c1cc(COCC(=O)O)c(C)c(NC(=O)OCC2c3ccccc3-c3ccccc32)c1. The molecule has 0 bridgehead atoms. The third kappa shape index (κ3) is 5.17. The van der Waals surface area contributed by atoms with Gasteiger partial charge < -0.3 is 19.3 Å². The summed E-state index contributed by atoms with van der Waals surface area (Å²) in [6.07, 6.45) is -0.672. The fourth-order valence-corrected chi connectivity index (χ4v) is 4.28. The van der Waals surface area contributed by atoms with Crippen LogP contribution >= 0.6 is 0 Å². The van der Waals surface area contributed by atoms with E-state index >= 15 is 0 Å². The number of nitrogens with one attached hydrogen (secondary N) is 1. The second-order valence-corrected chi connectivity index (χ2v) is 8.14. The van der Waals surface area contributed by atoms with Crippen LogP contribution in [0.4, 0.5) is 10.5 Å². The van der Waals surface area contributed by atoms with Gasteiger partial charge in [0.25, 0.3) is 0 Å². The molecule has 180 valence electrons. The van der Waals surface area contributed by atoms with Crippen LogP contribution in [0.3, 0.4) is 0 Å². The molecule has 0 fully saturated rings. The van der Waals surface area contributed by atoms with Crippen molar-refractivity contribution in [3.05, 3.63) is 88.5 Å². The van der Waals surface area contributed by atoms with Gasteiger partial charge in [0.05, 0.1) is 19.3 Å². The van der Waals surface area contributed by atoms with Crippen LogP contribution < -0.4 is 5.32 Å². The number of carboxylic acid groups (broad SMARTS) is 1. The third-order valence-electron chi connectivity index (χ3n) is 6.00. The van der Waals surface area contributed by atoms with E-state index in [-0.39, 0.29) is 24.7 Å². The summed E-state index contributed by atoms with van der Waals surface area (Å²) in [5, 5.41) is 11.5. The lowest BCUT2D eigenvalue weighted by atomic mass is 9.98. The summed E-state index contributed by atoms with van der Waals surface area (Å²) in [5.41, 5.74) is 6.17. The number of hydrogen-bond acceptors (Lipinski definition) is 6. The number of rotatable bonds is 8. The van der Waals surface area contributed by atoms with Crippen LogP contribution in [0.15, 0.2) is 60.7 Å². The van der Waals surface area contributed by atoms with Gasteiger partial charge in [-0.3, -0.25) is 5.32 Å². The number of anilines is 1. The number of carboxylic acids is 1. The normalized spacial score (nSPS) is 11.9. The first kappa shape index (κ1) is 24.0. The predicted molar refractivity (Wildman–Crippen MR) is 129 cm³/mol. The van der Waals surface area contributed by atoms with E-state index in [0.29, 0.717) is 16.8 Å². The minimum atomic E-state index is -1.11. The van der Waals surface area contributed by atoms with Gasteiger partial charge in [-0.2, -0.15) is 0 Å². The standard InChI is InChI=1S/C27H25NO7/c1-16-18(13-34-15-25(29)30)11-17(26(31)33-2)12-24(16)28-27(32)35-14-23-21-9-5-3-7-19(21)20-8-4-6-10-22(20)23/h3-12,23H,13-15H2,1-2H3,(H,28,32)(H,29,30). The van der Waals surface area contributed by atoms with Crippen molar-refractivity contribution in [2.75, 3.05) is 25.6 Å². The Kier molecular flexibility index (Phi) is 7.12. The summed E-state index contributed by atoms with van der Waals surface area (Å²) < 4.78 is 15.6. The molecule has 0 saturated heterocycles. The lowest BCUT2D eigenvalue weighted by molar-refractivity contribution is -0.142. The molecule has 0 unspecified atom stereocenters. The average Bonchev–Trinajstić information content (AvgIpc) is 3.18. The molecular formula is C27H25NO7.